The number of benzene rings is 1. The Morgan fingerprint density at radius 3 is 2.76 bits per heavy atom. The lowest BCUT2D eigenvalue weighted by atomic mass is 10.1. The van der Waals surface area contributed by atoms with E-state index < -0.39 is 5.97 Å². The van der Waals surface area contributed by atoms with Crippen molar-refractivity contribution in [3.05, 3.63) is 29.0 Å². The smallest absolute Gasteiger partial charge is 0.374 e. The van der Waals surface area contributed by atoms with Gasteiger partial charge in [0.2, 0.25) is 5.76 Å². The van der Waals surface area contributed by atoms with Crippen molar-refractivity contribution in [2.45, 2.75) is 6.92 Å². The first-order valence-electron chi connectivity index (χ1n) is 4.88. The summed E-state index contributed by atoms with van der Waals surface area (Å²) in [4.78, 5) is 22.3. The second kappa shape index (κ2) is 3.93. The molecule has 0 saturated carbocycles. The van der Waals surface area contributed by atoms with Gasteiger partial charge in [-0.25, -0.2) is 4.79 Å². The first kappa shape index (κ1) is 11.2. The van der Waals surface area contributed by atoms with Crippen LogP contribution in [0.5, 0.6) is 5.75 Å². The van der Waals surface area contributed by atoms with E-state index in [1.165, 1.54) is 19.2 Å². The molecule has 0 bridgehead atoms. The molecule has 2 rings (SSSR count). The third kappa shape index (κ3) is 1.56. The zero-order chi connectivity index (χ0) is 12.6. The Morgan fingerprint density at radius 1 is 1.47 bits per heavy atom. The normalized spacial score (nSPS) is 10.5. The number of fused-ring (bicyclic) bond motifs is 1. The van der Waals surface area contributed by atoms with Crippen molar-refractivity contribution in [3.8, 4) is 5.75 Å². The minimum Gasteiger partial charge on any atom is -0.507 e. The molecule has 0 atom stereocenters. The molecule has 0 saturated heterocycles. The van der Waals surface area contributed by atoms with Crippen LogP contribution in [0.25, 0.3) is 11.0 Å². The molecule has 1 aromatic heterocycles. The molecule has 1 heterocycles. The summed E-state index contributed by atoms with van der Waals surface area (Å²) in [5, 5.41) is 9.98. The fourth-order valence-corrected chi connectivity index (χ4v) is 1.77. The van der Waals surface area contributed by atoms with E-state index in [9.17, 15) is 14.7 Å². The van der Waals surface area contributed by atoms with E-state index in [2.05, 4.69) is 4.74 Å². The quantitative estimate of drug-likeness (QED) is 0.635. The Balaban J connectivity index is 2.83. The van der Waals surface area contributed by atoms with Crippen molar-refractivity contribution in [3.63, 3.8) is 0 Å². The van der Waals surface area contributed by atoms with Gasteiger partial charge in [-0.1, -0.05) is 0 Å². The fourth-order valence-electron chi connectivity index (χ4n) is 1.77. The number of carbonyl (C=O) groups excluding carboxylic acids is 2. The number of furan rings is 1. The molecule has 0 aliphatic heterocycles. The van der Waals surface area contributed by atoms with Crippen LogP contribution in [0.4, 0.5) is 0 Å². The molecule has 88 valence electrons. The van der Waals surface area contributed by atoms with E-state index in [1.54, 1.807) is 6.92 Å². The van der Waals surface area contributed by atoms with Crippen LogP contribution in [0.15, 0.2) is 16.5 Å². The second-order valence-corrected chi connectivity index (χ2v) is 3.54. The van der Waals surface area contributed by atoms with E-state index in [1.807, 2.05) is 0 Å². The van der Waals surface area contributed by atoms with Crippen molar-refractivity contribution in [2.75, 3.05) is 7.11 Å². The lowest BCUT2D eigenvalue weighted by Gasteiger charge is -1.98. The summed E-state index contributed by atoms with van der Waals surface area (Å²) < 4.78 is 9.87. The highest BCUT2D eigenvalue weighted by atomic mass is 16.5. The molecule has 0 fully saturated rings. The Kier molecular flexibility index (Phi) is 2.59. The minimum absolute atomic E-state index is 0.0381. The number of hydrogen-bond acceptors (Lipinski definition) is 5. The van der Waals surface area contributed by atoms with Gasteiger partial charge in [0.1, 0.15) is 11.3 Å². The first-order chi connectivity index (χ1) is 8.10. The molecule has 1 N–H and O–H groups in total. The third-order valence-corrected chi connectivity index (χ3v) is 2.60. The van der Waals surface area contributed by atoms with Crippen LogP contribution >= 0.6 is 0 Å². The average molecular weight is 234 g/mol. The predicted molar refractivity (Wildman–Crippen MR) is 59.3 cm³/mol. The minimum atomic E-state index is -0.616. The van der Waals surface area contributed by atoms with Crippen LogP contribution in [0, 0.1) is 6.92 Å². The Bertz CT molecular complexity index is 609. The summed E-state index contributed by atoms with van der Waals surface area (Å²) in [6.07, 6.45) is 0.529. The van der Waals surface area contributed by atoms with E-state index in [4.69, 9.17) is 4.42 Å². The highest BCUT2D eigenvalue weighted by molar-refractivity contribution is 6.04. The van der Waals surface area contributed by atoms with Crippen LogP contribution in [0.2, 0.25) is 0 Å². The van der Waals surface area contributed by atoms with Crippen molar-refractivity contribution >= 4 is 23.2 Å². The number of rotatable bonds is 2. The molecule has 1 aromatic carbocycles. The number of phenolic OH excluding ortho intramolecular Hbond substituents is 1. The van der Waals surface area contributed by atoms with Crippen molar-refractivity contribution in [1.29, 1.82) is 0 Å². The van der Waals surface area contributed by atoms with Crippen LogP contribution in [0.1, 0.15) is 26.5 Å². The Hall–Kier alpha value is -2.30. The Morgan fingerprint density at radius 2 is 2.18 bits per heavy atom. The maximum absolute atomic E-state index is 11.4. The number of esters is 1. The van der Waals surface area contributed by atoms with Crippen LogP contribution in [-0.4, -0.2) is 24.5 Å². The van der Waals surface area contributed by atoms with Gasteiger partial charge < -0.3 is 14.3 Å². The van der Waals surface area contributed by atoms with Gasteiger partial charge in [0.25, 0.3) is 0 Å². The molecule has 0 amide bonds. The molecule has 0 unspecified atom stereocenters. The van der Waals surface area contributed by atoms with Gasteiger partial charge in [0, 0.05) is 10.9 Å². The van der Waals surface area contributed by atoms with Gasteiger partial charge in [0.05, 0.1) is 12.7 Å². The molecule has 5 heteroatoms. The number of carbonyl (C=O) groups is 2. The molecular weight excluding hydrogens is 224 g/mol. The van der Waals surface area contributed by atoms with Crippen molar-refractivity contribution < 1.29 is 23.8 Å². The SMILES string of the molecule is COC(=O)c1oc2ccc(O)c(C=O)c2c1C. The summed E-state index contributed by atoms with van der Waals surface area (Å²) in [7, 11) is 1.24. The Labute approximate surface area is 96.6 Å². The number of aldehydes is 1. The highest BCUT2D eigenvalue weighted by Crippen LogP contribution is 2.32. The second-order valence-electron chi connectivity index (χ2n) is 3.54. The molecule has 2 aromatic rings. The number of aryl methyl sites for hydroxylation is 1. The average Bonchev–Trinajstić information content (AvgIpc) is 2.66. The largest absolute Gasteiger partial charge is 0.507 e. The molecule has 0 spiro atoms. The maximum atomic E-state index is 11.4. The number of ether oxygens (including phenoxy) is 1. The van der Waals surface area contributed by atoms with E-state index in [0.29, 0.717) is 22.8 Å². The van der Waals surface area contributed by atoms with Gasteiger partial charge in [-0.2, -0.15) is 0 Å². The topological polar surface area (TPSA) is 76.7 Å². The molecular formula is C12H10O5. The molecule has 0 aliphatic carbocycles. The third-order valence-electron chi connectivity index (χ3n) is 2.60. The van der Waals surface area contributed by atoms with Crippen LogP contribution in [-0.2, 0) is 4.74 Å². The van der Waals surface area contributed by atoms with E-state index in [-0.39, 0.29) is 17.1 Å². The van der Waals surface area contributed by atoms with Gasteiger partial charge in [-0.3, -0.25) is 4.79 Å². The maximum Gasteiger partial charge on any atom is 0.374 e. The molecule has 0 aliphatic rings. The molecule has 0 radical (unpaired) electrons. The molecule has 5 nitrogen and oxygen atoms in total. The van der Waals surface area contributed by atoms with Gasteiger partial charge >= 0.3 is 5.97 Å². The summed E-state index contributed by atoms with van der Waals surface area (Å²) >= 11 is 0. The van der Waals surface area contributed by atoms with Crippen molar-refractivity contribution in [1.82, 2.24) is 0 Å². The van der Waals surface area contributed by atoms with E-state index >= 15 is 0 Å². The van der Waals surface area contributed by atoms with Gasteiger partial charge in [0.15, 0.2) is 6.29 Å². The summed E-state index contributed by atoms with van der Waals surface area (Å²) in [5.74, 6) is -0.723. The van der Waals surface area contributed by atoms with Crippen LogP contribution < -0.4 is 0 Å². The number of phenols is 1. The van der Waals surface area contributed by atoms with Crippen LogP contribution in [0.3, 0.4) is 0 Å². The molecule has 17 heavy (non-hydrogen) atoms. The number of aromatic hydroxyl groups is 1. The standard InChI is InChI=1S/C12H10O5/c1-6-10-7(5-13)8(14)3-4-9(10)17-11(6)12(15)16-2/h3-5,14H,1-2H3. The van der Waals surface area contributed by atoms with Crippen molar-refractivity contribution in [2.24, 2.45) is 0 Å². The lowest BCUT2D eigenvalue weighted by molar-refractivity contribution is 0.0566. The van der Waals surface area contributed by atoms with Gasteiger partial charge in [-0.15, -0.1) is 0 Å². The number of methoxy groups -OCH3 is 1. The number of hydrogen-bond donors (Lipinski definition) is 1. The summed E-state index contributed by atoms with van der Waals surface area (Å²) in [6, 6.07) is 2.84. The predicted octanol–water partition coefficient (Wildman–Crippen LogP) is 2.05. The lowest BCUT2D eigenvalue weighted by Crippen LogP contribution is -2.00. The highest BCUT2D eigenvalue weighted by Gasteiger charge is 2.21. The fraction of sp³-hybridized carbons (Fsp3) is 0.167. The summed E-state index contributed by atoms with van der Waals surface area (Å²) in [5.41, 5.74) is 0.951. The van der Waals surface area contributed by atoms with Gasteiger partial charge in [-0.05, 0) is 19.1 Å². The first-order valence-corrected chi connectivity index (χ1v) is 4.88. The summed E-state index contributed by atoms with van der Waals surface area (Å²) in [6.45, 7) is 1.63. The monoisotopic (exact) mass is 234 g/mol. The zero-order valence-electron chi connectivity index (χ0n) is 9.31. The zero-order valence-corrected chi connectivity index (χ0v) is 9.31. The van der Waals surface area contributed by atoms with E-state index in [0.717, 1.165) is 0 Å².